The molecule has 0 amide bonds. The van der Waals surface area contributed by atoms with E-state index in [1.54, 1.807) is 6.92 Å². The number of carbonyl (C=O) groups is 1. The molecule has 2 aromatic rings. The largest absolute Gasteiger partial charge is 0.478 e. The fourth-order valence-corrected chi connectivity index (χ4v) is 1.80. The SMILES string of the molecule is Cc1oc(COC/C=C/c2ccccc2)cc1C(=O)O. The Bertz CT molecular complexity index is 596. The normalized spacial score (nSPS) is 11.1. The van der Waals surface area contributed by atoms with Crippen LogP contribution in [-0.2, 0) is 11.3 Å². The van der Waals surface area contributed by atoms with Crippen molar-refractivity contribution in [2.24, 2.45) is 0 Å². The van der Waals surface area contributed by atoms with Crippen LogP contribution in [0.4, 0.5) is 0 Å². The van der Waals surface area contributed by atoms with Crippen LogP contribution in [0.2, 0.25) is 0 Å². The molecule has 0 aliphatic heterocycles. The second-order valence-electron chi connectivity index (χ2n) is 4.32. The first kappa shape index (κ1) is 14.1. The first-order valence-corrected chi connectivity index (χ1v) is 6.29. The molecule has 4 nitrogen and oxygen atoms in total. The van der Waals surface area contributed by atoms with Crippen molar-refractivity contribution in [1.29, 1.82) is 0 Å². The fraction of sp³-hybridized carbons (Fsp3) is 0.188. The predicted molar refractivity (Wildman–Crippen MR) is 75.5 cm³/mol. The standard InChI is InChI=1S/C16H16O4/c1-12-15(16(17)18)10-14(20-12)11-19-9-5-8-13-6-3-2-4-7-13/h2-8,10H,9,11H2,1H3,(H,17,18)/b8-5+. The minimum Gasteiger partial charge on any atom is -0.478 e. The maximum absolute atomic E-state index is 10.9. The molecule has 0 saturated carbocycles. The van der Waals surface area contributed by atoms with Gasteiger partial charge in [0.25, 0.3) is 0 Å². The number of hydrogen-bond donors (Lipinski definition) is 1. The van der Waals surface area contributed by atoms with Crippen molar-refractivity contribution in [3.8, 4) is 0 Å². The van der Waals surface area contributed by atoms with Gasteiger partial charge in [0.15, 0.2) is 0 Å². The molecule has 0 saturated heterocycles. The Balaban J connectivity index is 1.80. The monoisotopic (exact) mass is 272 g/mol. The third-order valence-corrected chi connectivity index (χ3v) is 2.77. The van der Waals surface area contributed by atoms with Gasteiger partial charge in [-0.2, -0.15) is 0 Å². The number of aromatic carboxylic acids is 1. The maximum atomic E-state index is 10.9. The molecule has 2 rings (SSSR count). The number of ether oxygens (including phenoxy) is 1. The molecule has 0 spiro atoms. The zero-order chi connectivity index (χ0) is 14.4. The number of carboxylic acids is 1. The van der Waals surface area contributed by atoms with Crippen molar-refractivity contribution >= 4 is 12.0 Å². The first-order valence-electron chi connectivity index (χ1n) is 6.29. The zero-order valence-electron chi connectivity index (χ0n) is 11.2. The Labute approximate surface area is 117 Å². The predicted octanol–water partition coefficient (Wildman–Crippen LogP) is 3.52. The highest BCUT2D eigenvalue weighted by molar-refractivity contribution is 5.88. The van der Waals surface area contributed by atoms with Gasteiger partial charge in [0.1, 0.15) is 23.7 Å². The molecule has 0 aliphatic carbocycles. The van der Waals surface area contributed by atoms with Crippen LogP contribution in [0.15, 0.2) is 46.9 Å². The average Bonchev–Trinajstić information content (AvgIpc) is 2.81. The van der Waals surface area contributed by atoms with E-state index in [2.05, 4.69) is 0 Å². The van der Waals surface area contributed by atoms with E-state index in [-0.39, 0.29) is 12.2 Å². The Morgan fingerprint density at radius 1 is 1.35 bits per heavy atom. The summed E-state index contributed by atoms with van der Waals surface area (Å²) in [7, 11) is 0. The number of aryl methyl sites for hydroxylation is 1. The number of carboxylic acid groups (broad SMARTS) is 1. The van der Waals surface area contributed by atoms with Crippen LogP contribution in [0.5, 0.6) is 0 Å². The van der Waals surface area contributed by atoms with E-state index in [9.17, 15) is 4.79 Å². The lowest BCUT2D eigenvalue weighted by Gasteiger charge is -1.97. The fourth-order valence-electron chi connectivity index (χ4n) is 1.80. The van der Waals surface area contributed by atoms with Crippen LogP contribution < -0.4 is 0 Å². The second-order valence-corrected chi connectivity index (χ2v) is 4.32. The smallest absolute Gasteiger partial charge is 0.339 e. The Morgan fingerprint density at radius 2 is 2.10 bits per heavy atom. The van der Waals surface area contributed by atoms with Gasteiger partial charge in [0, 0.05) is 0 Å². The molecule has 4 heteroatoms. The Hall–Kier alpha value is -2.33. The summed E-state index contributed by atoms with van der Waals surface area (Å²) in [5, 5.41) is 8.90. The molecule has 1 aromatic carbocycles. The summed E-state index contributed by atoms with van der Waals surface area (Å²) < 4.78 is 10.7. The minimum atomic E-state index is -0.985. The number of hydrogen-bond acceptors (Lipinski definition) is 3. The van der Waals surface area contributed by atoms with Crippen LogP contribution in [0.3, 0.4) is 0 Å². The quantitative estimate of drug-likeness (QED) is 0.817. The van der Waals surface area contributed by atoms with E-state index in [1.165, 1.54) is 6.07 Å². The van der Waals surface area contributed by atoms with Gasteiger partial charge in [-0.15, -0.1) is 0 Å². The topological polar surface area (TPSA) is 59.7 Å². The van der Waals surface area contributed by atoms with Crippen molar-refractivity contribution in [3.05, 3.63) is 65.1 Å². The van der Waals surface area contributed by atoms with Crippen LogP contribution >= 0.6 is 0 Å². The lowest BCUT2D eigenvalue weighted by atomic mass is 10.2. The summed E-state index contributed by atoms with van der Waals surface area (Å²) in [5.74, 6) is -0.0644. The molecule has 0 bridgehead atoms. The zero-order valence-corrected chi connectivity index (χ0v) is 11.2. The molecule has 0 fully saturated rings. The van der Waals surface area contributed by atoms with Crippen LogP contribution in [-0.4, -0.2) is 17.7 Å². The van der Waals surface area contributed by atoms with Gasteiger partial charge in [-0.1, -0.05) is 42.5 Å². The molecule has 104 valence electrons. The van der Waals surface area contributed by atoms with Crippen molar-refractivity contribution in [1.82, 2.24) is 0 Å². The molecular formula is C16H16O4. The van der Waals surface area contributed by atoms with Gasteiger partial charge in [-0.3, -0.25) is 0 Å². The molecule has 20 heavy (non-hydrogen) atoms. The lowest BCUT2D eigenvalue weighted by Crippen LogP contribution is -1.95. The van der Waals surface area contributed by atoms with E-state index in [4.69, 9.17) is 14.3 Å². The molecule has 1 aromatic heterocycles. The molecule has 1 heterocycles. The number of rotatable bonds is 6. The molecule has 0 aliphatic rings. The highest BCUT2D eigenvalue weighted by atomic mass is 16.5. The Kier molecular flexibility index (Phi) is 4.74. The maximum Gasteiger partial charge on any atom is 0.339 e. The van der Waals surface area contributed by atoms with Crippen molar-refractivity contribution in [2.75, 3.05) is 6.61 Å². The van der Waals surface area contributed by atoms with Gasteiger partial charge in [-0.25, -0.2) is 4.79 Å². The van der Waals surface area contributed by atoms with Crippen molar-refractivity contribution in [3.63, 3.8) is 0 Å². The summed E-state index contributed by atoms with van der Waals surface area (Å²) in [4.78, 5) is 10.9. The van der Waals surface area contributed by atoms with E-state index in [0.717, 1.165) is 5.56 Å². The van der Waals surface area contributed by atoms with Crippen molar-refractivity contribution in [2.45, 2.75) is 13.5 Å². The van der Waals surface area contributed by atoms with Crippen molar-refractivity contribution < 1.29 is 19.1 Å². The Morgan fingerprint density at radius 3 is 2.75 bits per heavy atom. The molecule has 0 atom stereocenters. The number of furan rings is 1. The minimum absolute atomic E-state index is 0.184. The summed E-state index contributed by atoms with van der Waals surface area (Å²) in [6.45, 7) is 2.33. The van der Waals surface area contributed by atoms with Gasteiger partial charge in [0.2, 0.25) is 0 Å². The summed E-state index contributed by atoms with van der Waals surface area (Å²) in [5.41, 5.74) is 1.29. The van der Waals surface area contributed by atoms with Gasteiger partial charge < -0.3 is 14.3 Å². The molecule has 0 radical (unpaired) electrons. The highest BCUT2D eigenvalue weighted by Crippen LogP contribution is 2.15. The highest BCUT2D eigenvalue weighted by Gasteiger charge is 2.13. The summed E-state index contributed by atoms with van der Waals surface area (Å²) in [6.07, 6.45) is 3.87. The van der Waals surface area contributed by atoms with E-state index in [1.807, 2.05) is 42.5 Å². The van der Waals surface area contributed by atoms with Crippen LogP contribution in [0, 0.1) is 6.92 Å². The second kappa shape index (κ2) is 6.73. The van der Waals surface area contributed by atoms with Crippen LogP contribution in [0.25, 0.3) is 6.08 Å². The number of benzene rings is 1. The van der Waals surface area contributed by atoms with E-state index < -0.39 is 5.97 Å². The van der Waals surface area contributed by atoms with Gasteiger partial charge in [0.05, 0.1) is 6.61 Å². The lowest BCUT2D eigenvalue weighted by molar-refractivity contribution is 0.0695. The molecule has 1 N–H and O–H groups in total. The van der Waals surface area contributed by atoms with Crippen LogP contribution in [0.1, 0.15) is 27.4 Å². The molecule has 0 unspecified atom stereocenters. The third kappa shape index (κ3) is 3.83. The van der Waals surface area contributed by atoms with Gasteiger partial charge in [-0.05, 0) is 18.6 Å². The first-order chi connectivity index (χ1) is 9.66. The van der Waals surface area contributed by atoms with E-state index in [0.29, 0.717) is 18.1 Å². The van der Waals surface area contributed by atoms with E-state index >= 15 is 0 Å². The van der Waals surface area contributed by atoms with Gasteiger partial charge >= 0.3 is 5.97 Å². The molecular weight excluding hydrogens is 256 g/mol. The average molecular weight is 272 g/mol. The summed E-state index contributed by atoms with van der Waals surface area (Å²) >= 11 is 0. The summed E-state index contributed by atoms with van der Waals surface area (Å²) in [6, 6.07) is 11.4. The third-order valence-electron chi connectivity index (χ3n) is 2.77.